The number of para-hydroxylation sites is 3. The first-order valence-corrected chi connectivity index (χ1v) is 30.8. The summed E-state index contributed by atoms with van der Waals surface area (Å²) in [7, 11) is 0. The van der Waals surface area contributed by atoms with E-state index in [1.807, 2.05) is 0 Å². The standard InChI is InChI=1S/C80H78BN3O/c1-49-23-22-24-50(2)75(49)84-69-48-64-63(79(11,12)39-40-80(64,13)14)47-66(69)81-65-38-36-59(82(58-34-32-56(33-35-58)77(5,6)7)67-29-20-18-27-60(67)53-25-16-15-17-26-53)46-68(65)83(70-44-57(78(8,9)10)45-71(84)74(70)81)76-51(3)41-55(42-52(76)4)54-31-37-62-61-28-19-21-30-72(61)85-73(62)43-54/h15-38,41-48H,39-40H2,1-14H3. The third-order valence-electron chi connectivity index (χ3n) is 19.5. The number of nitrogens with zero attached hydrogens (tertiary/aromatic N) is 3. The monoisotopic (exact) mass is 1110 g/mol. The van der Waals surface area contributed by atoms with Crippen molar-refractivity contribution in [2.75, 3.05) is 14.7 Å². The van der Waals surface area contributed by atoms with E-state index in [1.54, 1.807) is 0 Å². The minimum Gasteiger partial charge on any atom is -0.456 e. The zero-order valence-corrected chi connectivity index (χ0v) is 52.2. The number of rotatable bonds is 7. The van der Waals surface area contributed by atoms with Gasteiger partial charge in [-0.2, -0.15) is 0 Å². The molecule has 3 aliphatic rings. The maximum atomic E-state index is 6.51. The second-order valence-corrected chi connectivity index (χ2v) is 28.3. The molecule has 0 N–H and O–H groups in total. The Labute approximate surface area is 504 Å². The molecule has 0 atom stereocenters. The van der Waals surface area contributed by atoms with E-state index in [2.05, 4.69) is 306 Å². The number of anilines is 9. The molecule has 1 aromatic heterocycles. The summed E-state index contributed by atoms with van der Waals surface area (Å²) < 4.78 is 6.51. The van der Waals surface area contributed by atoms with Gasteiger partial charge >= 0.3 is 0 Å². The van der Waals surface area contributed by atoms with Gasteiger partial charge in [0, 0.05) is 50.5 Å². The Balaban J connectivity index is 1.08. The smallest absolute Gasteiger partial charge is 0.252 e. The van der Waals surface area contributed by atoms with E-state index in [0.29, 0.717) is 0 Å². The van der Waals surface area contributed by atoms with Crippen LogP contribution in [0.3, 0.4) is 0 Å². The molecule has 4 nitrogen and oxygen atoms in total. The van der Waals surface area contributed by atoms with Crippen LogP contribution in [0.4, 0.5) is 51.2 Å². The molecule has 0 radical (unpaired) electrons. The van der Waals surface area contributed by atoms with Gasteiger partial charge in [0.2, 0.25) is 0 Å². The van der Waals surface area contributed by atoms with Crippen molar-refractivity contribution in [2.24, 2.45) is 0 Å². The van der Waals surface area contributed by atoms with Crippen LogP contribution in [-0.4, -0.2) is 6.71 Å². The van der Waals surface area contributed by atoms with E-state index in [1.165, 1.54) is 112 Å². The fourth-order valence-corrected chi connectivity index (χ4v) is 14.7. The first-order valence-electron chi connectivity index (χ1n) is 30.8. The SMILES string of the molecule is Cc1cc(-c2ccc3c(c2)oc2ccccc23)cc(C)c1N1c2cc(N(c3ccc(C(C)(C)C)cc3)c3ccccc3-c3ccccc3)ccc2B2c3cc4c(cc3N(c3c(C)cccc3C)c3cc(C(C)(C)C)cc1c32)C(C)(C)CCC4(C)C. The quantitative estimate of drug-likeness (QED) is 0.148. The molecule has 3 heterocycles. The number of aryl methyl sites for hydroxylation is 4. The maximum Gasteiger partial charge on any atom is 0.252 e. The van der Waals surface area contributed by atoms with Gasteiger partial charge in [-0.25, -0.2) is 0 Å². The van der Waals surface area contributed by atoms with Crippen molar-refractivity contribution < 1.29 is 4.42 Å². The molecule has 11 aromatic rings. The summed E-state index contributed by atoms with van der Waals surface area (Å²) in [6.45, 7) is 33.2. The van der Waals surface area contributed by atoms with E-state index in [0.717, 1.165) is 57.4 Å². The summed E-state index contributed by atoms with van der Waals surface area (Å²) in [4.78, 5) is 7.89. The zero-order chi connectivity index (χ0) is 59.2. The van der Waals surface area contributed by atoms with E-state index in [9.17, 15) is 0 Å². The van der Waals surface area contributed by atoms with Crippen LogP contribution < -0.4 is 31.1 Å². The summed E-state index contributed by atoms with van der Waals surface area (Å²) in [5.41, 5.74) is 31.5. The molecule has 0 amide bonds. The van der Waals surface area contributed by atoms with E-state index in [-0.39, 0.29) is 28.4 Å². The fourth-order valence-electron chi connectivity index (χ4n) is 14.7. The first-order chi connectivity index (χ1) is 40.6. The summed E-state index contributed by atoms with van der Waals surface area (Å²) in [6, 6.07) is 73.8. The maximum absolute atomic E-state index is 6.51. The molecule has 0 bridgehead atoms. The zero-order valence-electron chi connectivity index (χ0n) is 52.2. The highest BCUT2D eigenvalue weighted by Gasteiger charge is 2.48. The summed E-state index contributed by atoms with van der Waals surface area (Å²) >= 11 is 0. The third-order valence-corrected chi connectivity index (χ3v) is 19.5. The van der Waals surface area contributed by atoms with Gasteiger partial charge in [0.05, 0.1) is 17.1 Å². The van der Waals surface area contributed by atoms with Crippen LogP contribution >= 0.6 is 0 Å². The van der Waals surface area contributed by atoms with Crippen molar-refractivity contribution in [3.8, 4) is 22.3 Å². The summed E-state index contributed by atoms with van der Waals surface area (Å²) in [5.74, 6) is 0. The summed E-state index contributed by atoms with van der Waals surface area (Å²) in [5, 5.41) is 2.28. The molecule has 0 saturated carbocycles. The Kier molecular flexibility index (Phi) is 12.5. The van der Waals surface area contributed by atoms with Crippen LogP contribution in [-0.2, 0) is 21.7 Å². The molecular formula is C80H78BN3O. The Hall–Kier alpha value is -8.54. The molecule has 10 aromatic carbocycles. The average Bonchev–Trinajstić information content (AvgIpc) is 1.11. The molecular weight excluding hydrogens is 1030 g/mol. The van der Waals surface area contributed by atoms with Crippen LogP contribution in [0.5, 0.6) is 0 Å². The highest BCUT2D eigenvalue weighted by molar-refractivity contribution is 7.00. The number of furan rings is 1. The highest BCUT2D eigenvalue weighted by Crippen LogP contribution is 2.54. The average molecular weight is 1110 g/mol. The minimum absolute atomic E-state index is 0.00399. The van der Waals surface area contributed by atoms with E-state index < -0.39 is 0 Å². The van der Waals surface area contributed by atoms with Gasteiger partial charge in [-0.05, 0) is 219 Å². The highest BCUT2D eigenvalue weighted by atomic mass is 16.3. The lowest BCUT2D eigenvalue weighted by molar-refractivity contribution is 0.332. The van der Waals surface area contributed by atoms with Crippen molar-refractivity contribution in [2.45, 2.75) is 131 Å². The summed E-state index contributed by atoms with van der Waals surface area (Å²) in [6.07, 6.45) is 2.28. The molecule has 85 heavy (non-hydrogen) atoms. The topological polar surface area (TPSA) is 22.9 Å². The molecule has 0 fully saturated rings. The van der Waals surface area contributed by atoms with Crippen molar-refractivity contribution in [3.63, 3.8) is 0 Å². The van der Waals surface area contributed by atoms with Crippen molar-refractivity contribution in [1.82, 2.24) is 0 Å². The lowest BCUT2D eigenvalue weighted by Crippen LogP contribution is -2.62. The lowest BCUT2D eigenvalue weighted by Gasteiger charge is -2.48. The van der Waals surface area contributed by atoms with Gasteiger partial charge in [0.15, 0.2) is 0 Å². The molecule has 422 valence electrons. The molecule has 14 rings (SSSR count). The van der Waals surface area contributed by atoms with Gasteiger partial charge in [0.1, 0.15) is 11.2 Å². The predicted molar refractivity (Wildman–Crippen MR) is 365 cm³/mol. The second kappa shape index (κ2) is 19.5. The lowest BCUT2D eigenvalue weighted by atomic mass is 9.33. The Bertz CT molecular complexity index is 4460. The number of fused-ring (bicyclic) bond motifs is 8. The largest absolute Gasteiger partial charge is 0.456 e. The van der Waals surface area contributed by atoms with Gasteiger partial charge < -0.3 is 19.1 Å². The van der Waals surface area contributed by atoms with Gasteiger partial charge in [-0.3, -0.25) is 0 Å². The third kappa shape index (κ3) is 8.86. The number of hydrogen-bond acceptors (Lipinski definition) is 4. The van der Waals surface area contributed by atoms with Crippen molar-refractivity contribution in [3.05, 3.63) is 239 Å². The Morgan fingerprint density at radius 2 is 0.988 bits per heavy atom. The van der Waals surface area contributed by atoms with Crippen LogP contribution in [0.1, 0.15) is 127 Å². The second-order valence-electron chi connectivity index (χ2n) is 28.3. The Morgan fingerprint density at radius 1 is 0.424 bits per heavy atom. The molecule has 2 aliphatic heterocycles. The van der Waals surface area contributed by atoms with Gasteiger partial charge in [-0.1, -0.05) is 184 Å². The first kappa shape index (κ1) is 54.4. The number of hydrogen-bond donors (Lipinski definition) is 0. The molecule has 0 unspecified atom stereocenters. The molecule has 5 heteroatoms. The van der Waals surface area contributed by atoms with Gasteiger partial charge in [0.25, 0.3) is 6.71 Å². The van der Waals surface area contributed by atoms with E-state index >= 15 is 0 Å². The molecule has 0 spiro atoms. The Morgan fingerprint density at radius 3 is 1.65 bits per heavy atom. The van der Waals surface area contributed by atoms with Crippen LogP contribution in [0.25, 0.3) is 44.2 Å². The van der Waals surface area contributed by atoms with Crippen LogP contribution in [0.15, 0.2) is 199 Å². The number of benzene rings is 10. The van der Waals surface area contributed by atoms with Crippen molar-refractivity contribution in [1.29, 1.82) is 0 Å². The normalized spacial score (nSPS) is 15.0. The molecule has 1 aliphatic carbocycles. The molecule has 0 saturated heterocycles. The minimum atomic E-state index is -0.191. The van der Waals surface area contributed by atoms with E-state index in [4.69, 9.17) is 4.42 Å². The van der Waals surface area contributed by atoms with Crippen molar-refractivity contribution >= 4 is 96.2 Å². The fraction of sp³-hybridized carbons (Fsp3) is 0.250. The predicted octanol–water partition coefficient (Wildman–Crippen LogP) is 20.7. The van der Waals surface area contributed by atoms with Crippen LogP contribution in [0, 0.1) is 27.7 Å². The van der Waals surface area contributed by atoms with Gasteiger partial charge in [-0.15, -0.1) is 0 Å². The van der Waals surface area contributed by atoms with Crippen LogP contribution in [0.2, 0.25) is 0 Å².